The third-order valence-corrected chi connectivity index (χ3v) is 4.05. The molecule has 2 heterocycles. The second-order valence-electron chi connectivity index (χ2n) is 5.87. The molecule has 1 fully saturated rings. The topological polar surface area (TPSA) is 30.5 Å². The van der Waals surface area contributed by atoms with E-state index in [0.717, 1.165) is 30.4 Å². The van der Waals surface area contributed by atoms with Crippen LogP contribution >= 0.6 is 0 Å². The van der Waals surface area contributed by atoms with Crippen molar-refractivity contribution < 1.29 is 9.47 Å². The van der Waals surface area contributed by atoms with E-state index in [1.165, 1.54) is 17.5 Å². The number of benzene rings is 1. The maximum Gasteiger partial charge on any atom is 0.124 e. The van der Waals surface area contributed by atoms with E-state index >= 15 is 0 Å². The highest BCUT2D eigenvalue weighted by atomic mass is 16.5. The Bertz CT molecular complexity index is 472. The van der Waals surface area contributed by atoms with Crippen LogP contribution in [0.5, 0.6) is 11.5 Å². The van der Waals surface area contributed by atoms with Crippen LogP contribution in [0.4, 0.5) is 0 Å². The lowest BCUT2D eigenvalue weighted by Gasteiger charge is -2.17. The Morgan fingerprint density at radius 2 is 2.21 bits per heavy atom. The molecule has 104 valence electrons. The van der Waals surface area contributed by atoms with Gasteiger partial charge in [0.1, 0.15) is 17.6 Å². The maximum atomic E-state index is 5.88. The first-order chi connectivity index (χ1) is 9.17. The lowest BCUT2D eigenvalue weighted by molar-refractivity contribution is 0.254. The van der Waals surface area contributed by atoms with Gasteiger partial charge in [0.25, 0.3) is 0 Å². The Labute approximate surface area is 115 Å². The molecule has 3 atom stereocenters. The van der Waals surface area contributed by atoms with Gasteiger partial charge < -0.3 is 14.8 Å². The molecule has 0 spiro atoms. The predicted octanol–water partition coefficient (Wildman–Crippen LogP) is 3.08. The van der Waals surface area contributed by atoms with Crippen LogP contribution in [0.25, 0.3) is 0 Å². The number of ether oxygens (including phenoxy) is 2. The van der Waals surface area contributed by atoms with E-state index in [1.807, 2.05) is 6.92 Å². The highest BCUT2D eigenvalue weighted by molar-refractivity contribution is 5.50. The van der Waals surface area contributed by atoms with Gasteiger partial charge in [-0.2, -0.15) is 0 Å². The fraction of sp³-hybridized carbons (Fsp3) is 0.625. The van der Waals surface area contributed by atoms with Gasteiger partial charge in [0, 0.05) is 23.6 Å². The van der Waals surface area contributed by atoms with Gasteiger partial charge in [-0.25, -0.2) is 0 Å². The van der Waals surface area contributed by atoms with Crippen molar-refractivity contribution in [2.45, 2.75) is 45.8 Å². The zero-order valence-electron chi connectivity index (χ0n) is 12.0. The molecule has 3 nitrogen and oxygen atoms in total. The molecule has 0 amide bonds. The van der Waals surface area contributed by atoms with Crippen LogP contribution < -0.4 is 14.8 Å². The molecule has 0 radical (unpaired) electrons. The van der Waals surface area contributed by atoms with Crippen LogP contribution in [0, 0.1) is 5.92 Å². The quantitative estimate of drug-likeness (QED) is 0.907. The fourth-order valence-corrected chi connectivity index (χ4v) is 3.16. The SMILES string of the molecule is CCOc1cc2c(cc1C1CC(C)CN1)OC(C)C2. The van der Waals surface area contributed by atoms with Crippen molar-refractivity contribution in [1.29, 1.82) is 0 Å². The average molecular weight is 261 g/mol. The van der Waals surface area contributed by atoms with Crippen molar-refractivity contribution in [3.63, 3.8) is 0 Å². The summed E-state index contributed by atoms with van der Waals surface area (Å²) < 4.78 is 11.7. The summed E-state index contributed by atoms with van der Waals surface area (Å²) in [7, 11) is 0. The van der Waals surface area contributed by atoms with Crippen LogP contribution in [-0.4, -0.2) is 19.3 Å². The summed E-state index contributed by atoms with van der Waals surface area (Å²) in [5.74, 6) is 2.81. The predicted molar refractivity (Wildman–Crippen MR) is 75.9 cm³/mol. The van der Waals surface area contributed by atoms with Gasteiger partial charge in [0.05, 0.1) is 6.61 Å². The van der Waals surface area contributed by atoms with E-state index < -0.39 is 0 Å². The molecule has 1 saturated heterocycles. The van der Waals surface area contributed by atoms with Crippen molar-refractivity contribution >= 4 is 0 Å². The van der Waals surface area contributed by atoms with Crippen molar-refractivity contribution in [3.05, 3.63) is 23.3 Å². The summed E-state index contributed by atoms with van der Waals surface area (Å²) in [6, 6.07) is 4.78. The summed E-state index contributed by atoms with van der Waals surface area (Å²) >= 11 is 0. The van der Waals surface area contributed by atoms with Crippen molar-refractivity contribution in [3.8, 4) is 11.5 Å². The lowest BCUT2D eigenvalue weighted by Crippen LogP contribution is -2.14. The first-order valence-corrected chi connectivity index (χ1v) is 7.37. The number of hydrogen-bond donors (Lipinski definition) is 1. The van der Waals surface area contributed by atoms with E-state index in [1.54, 1.807) is 0 Å². The zero-order valence-corrected chi connectivity index (χ0v) is 12.0. The average Bonchev–Trinajstić information content (AvgIpc) is 2.93. The number of fused-ring (bicyclic) bond motifs is 1. The van der Waals surface area contributed by atoms with E-state index in [2.05, 4.69) is 31.3 Å². The van der Waals surface area contributed by atoms with Gasteiger partial charge in [-0.1, -0.05) is 6.92 Å². The standard InChI is InChI=1S/C16H23NO2/c1-4-18-16-7-12-6-11(3)19-15(12)8-13(16)14-5-10(2)9-17-14/h7-8,10-11,14,17H,4-6,9H2,1-3H3. The molecule has 2 aliphatic rings. The van der Waals surface area contributed by atoms with Gasteiger partial charge in [-0.05, 0) is 44.9 Å². The molecule has 1 N–H and O–H groups in total. The molecule has 1 aromatic rings. The van der Waals surface area contributed by atoms with Gasteiger partial charge in [0.15, 0.2) is 0 Å². The summed E-state index contributed by atoms with van der Waals surface area (Å²) in [6.45, 7) is 8.26. The van der Waals surface area contributed by atoms with Crippen LogP contribution in [0.15, 0.2) is 12.1 Å². The van der Waals surface area contributed by atoms with Crippen LogP contribution in [0.3, 0.4) is 0 Å². The largest absolute Gasteiger partial charge is 0.494 e. The number of rotatable bonds is 3. The molecule has 2 aliphatic heterocycles. The molecule has 3 heteroatoms. The Kier molecular flexibility index (Phi) is 3.40. The minimum atomic E-state index is 0.287. The first kappa shape index (κ1) is 12.8. The van der Waals surface area contributed by atoms with Crippen LogP contribution in [0.1, 0.15) is 44.4 Å². The first-order valence-electron chi connectivity index (χ1n) is 7.37. The molecular weight excluding hydrogens is 238 g/mol. The second-order valence-corrected chi connectivity index (χ2v) is 5.87. The van der Waals surface area contributed by atoms with Crippen molar-refractivity contribution in [1.82, 2.24) is 5.32 Å². The highest BCUT2D eigenvalue weighted by Gasteiger charge is 2.28. The van der Waals surface area contributed by atoms with Crippen LogP contribution in [-0.2, 0) is 6.42 Å². The Morgan fingerprint density at radius 1 is 1.37 bits per heavy atom. The minimum absolute atomic E-state index is 0.287. The highest BCUT2D eigenvalue weighted by Crippen LogP contribution is 2.40. The Hall–Kier alpha value is -1.22. The smallest absolute Gasteiger partial charge is 0.124 e. The van der Waals surface area contributed by atoms with Crippen molar-refractivity contribution in [2.24, 2.45) is 5.92 Å². The Morgan fingerprint density at radius 3 is 2.89 bits per heavy atom. The monoisotopic (exact) mass is 261 g/mol. The Balaban J connectivity index is 1.95. The summed E-state index contributed by atoms with van der Waals surface area (Å²) in [6.07, 6.45) is 2.45. The molecule has 0 bridgehead atoms. The third kappa shape index (κ3) is 2.44. The van der Waals surface area contributed by atoms with Gasteiger partial charge in [-0.15, -0.1) is 0 Å². The molecule has 0 aromatic heterocycles. The minimum Gasteiger partial charge on any atom is -0.494 e. The molecular formula is C16H23NO2. The lowest BCUT2D eigenvalue weighted by atomic mass is 9.98. The zero-order chi connectivity index (χ0) is 13.4. The molecule has 19 heavy (non-hydrogen) atoms. The second kappa shape index (κ2) is 5.04. The molecule has 0 aliphatic carbocycles. The summed E-state index contributed by atoms with van der Waals surface area (Å²) in [5.41, 5.74) is 2.55. The molecule has 0 saturated carbocycles. The summed E-state index contributed by atoms with van der Waals surface area (Å²) in [4.78, 5) is 0. The van der Waals surface area contributed by atoms with Crippen LogP contribution in [0.2, 0.25) is 0 Å². The van der Waals surface area contributed by atoms with Crippen molar-refractivity contribution in [2.75, 3.05) is 13.2 Å². The maximum absolute atomic E-state index is 5.88. The number of nitrogens with one attached hydrogen (secondary N) is 1. The molecule has 1 aromatic carbocycles. The molecule has 3 rings (SSSR count). The normalized spacial score (nSPS) is 29.1. The third-order valence-electron chi connectivity index (χ3n) is 4.05. The fourth-order valence-electron chi connectivity index (χ4n) is 3.16. The van der Waals surface area contributed by atoms with Gasteiger partial charge in [-0.3, -0.25) is 0 Å². The van der Waals surface area contributed by atoms with E-state index in [9.17, 15) is 0 Å². The molecule has 3 unspecified atom stereocenters. The van der Waals surface area contributed by atoms with Gasteiger partial charge in [0.2, 0.25) is 0 Å². The van der Waals surface area contributed by atoms with E-state index in [-0.39, 0.29) is 6.10 Å². The van der Waals surface area contributed by atoms with Gasteiger partial charge >= 0.3 is 0 Å². The van der Waals surface area contributed by atoms with E-state index in [0.29, 0.717) is 12.6 Å². The van der Waals surface area contributed by atoms with E-state index in [4.69, 9.17) is 9.47 Å². The number of hydrogen-bond acceptors (Lipinski definition) is 3. The summed E-state index contributed by atoms with van der Waals surface area (Å²) in [5, 5.41) is 3.59.